The molecular formula is C31H29ClN6O. The van der Waals surface area contributed by atoms with Crippen molar-refractivity contribution in [1.82, 2.24) is 24.4 Å². The van der Waals surface area contributed by atoms with E-state index in [9.17, 15) is 4.79 Å². The molecule has 0 spiro atoms. The van der Waals surface area contributed by atoms with Crippen molar-refractivity contribution in [3.05, 3.63) is 100 Å². The fraction of sp³-hybridized carbons (Fsp3) is 0.226. The first kappa shape index (κ1) is 25.2. The van der Waals surface area contributed by atoms with E-state index in [0.717, 1.165) is 35.4 Å². The van der Waals surface area contributed by atoms with E-state index in [4.69, 9.17) is 11.6 Å². The molecule has 1 fully saturated rings. The molecule has 0 amide bonds. The molecule has 1 aliphatic heterocycles. The number of fused-ring (bicyclic) bond motifs is 1. The molecule has 7 nitrogen and oxygen atoms in total. The summed E-state index contributed by atoms with van der Waals surface area (Å²) in [6, 6.07) is 21.6. The molecule has 0 bridgehead atoms. The van der Waals surface area contributed by atoms with Gasteiger partial charge < -0.3 is 10.2 Å². The molecule has 0 unspecified atom stereocenters. The average molecular weight is 537 g/mol. The Morgan fingerprint density at radius 1 is 0.923 bits per heavy atom. The summed E-state index contributed by atoms with van der Waals surface area (Å²) in [7, 11) is 3.90. The van der Waals surface area contributed by atoms with E-state index >= 15 is 0 Å². The second-order valence-corrected chi connectivity index (χ2v) is 10.5. The summed E-state index contributed by atoms with van der Waals surface area (Å²) in [6.45, 7) is 2.27. The van der Waals surface area contributed by atoms with Gasteiger partial charge in [0.1, 0.15) is 5.65 Å². The highest BCUT2D eigenvalue weighted by Gasteiger charge is 2.18. The zero-order valence-electron chi connectivity index (χ0n) is 21.9. The van der Waals surface area contributed by atoms with Crippen molar-refractivity contribution in [3.8, 4) is 22.4 Å². The van der Waals surface area contributed by atoms with Gasteiger partial charge in [-0.1, -0.05) is 35.9 Å². The highest BCUT2D eigenvalue weighted by atomic mass is 35.5. The second kappa shape index (κ2) is 10.6. The van der Waals surface area contributed by atoms with Crippen LogP contribution in [0.5, 0.6) is 0 Å². The molecule has 0 radical (unpaired) electrons. The Labute approximate surface area is 232 Å². The van der Waals surface area contributed by atoms with Crippen molar-refractivity contribution in [3.63, 3.8) is 0 Å². The van der Waals surface area contributed by atoms with Gasteiger partial charge in [-0.3, -0.25) is 14.3 Å². The molecule has 0 saturated carbocycles. The molecule has 196 valence electrons. The van der Waals surface area contributed by atoms with Crippen LogP contribution in [0.3, 0.4) is 0 Å². The van der Waals surface area contributed by atoms with Crippen LogP contribution < -0.4 is 10.9 Å². The van der Waals surface area contributed by atoms with Crippen molar-refractivity contribution in [2.24, 2.45) is 7.05 Å². The van der Waals surface area contributed by atoms with Crippen LogP contribution in [0.2, 0.25) is 5.02 Å². The third kappa shape index (κ3) is 5.15. The highest BCUT2D eigenvalue weighted by Crippen LogP contribution is 2.32. The van der Waals surface area contributed by atoms with Crippen molar-refractivity contribution in [2.75, 3.05) is 25.5 Å². The molecule has 39 heavy (non-hydrogen) atoms. The van der Waals surface area contributed by atoms with E-state index in [2.05, 4.69) is 56.5 Å². The molecule has 3 aromatic heterocycles. The number of halogens is 1. The Bertz CT molecular complexity index is 1690. The Hall–Kier alpha value is -4.07. The minimum absolute atomic E-state index is 0.185. The lowest BCUT2D eigenvalue weighted by atomic mass is 9.89. The SMILES string of the molecule is CN1CCC(c2ccc(Nc3ncc4cc(-c5cc(-c6ccccn6)ccc5Cl)c(=O)n(C)c4n3)cc2)CC1. The minimum Gasteiger partial charge on any atom is -0.324 e. The number of hydrogen-bond acceptors (Lipinski definition) is 6. The van der Waals surface area contributed by atoms with E-state index in [1.807, 2.05) is 30.3 Å². The Morgan fingerprint density at radius 2 is 1.72 bits per heavy atom. The van der Waals surface area contributed by atoms with E-state index < -0.39 is 0 Å². The van der Waals surface area contributed by atoms with Gasteiger partial charge in [0, 0.05) is 52.2 Å². The molecule has 6 rings (SSSR count). The number of rotatable bonds is 5. The van der Waals surface area contributed by atoms with Crippen molar-refractivity contribution >= 4 is 34.3 Å². The number of hydrogen-bond donors (Lipinski definition) is 1. The van der Waals surface area contributed by atoms with Crippen LogP contribution in [-0.2, 0) is 7.05 Å². The Balaban J connectivity index is 1.29. The monoisotopic (exact) mass is 536 g/mol. The van der Waals surface area contributed by atoms with Gasteiger partial charge in [-0.05, 0) is 86.9 Å². The standard InChI is InChI=1S/C31H29ClN6O/c1-37-15-12-21(13-16-37)20-6-9-24(10-7-20)35-31-34-19-23-18-26(30(39)38(2)29(23)36-31)25-17-22(8-11-27(25)32)28-5-3-4-14-33-28/h3-11,14,17-19,21H,12-13,15-16H2,1-2H3,(H,34,35,36). The number of benzene rings is 2. The van der Waals surface area contributed by atoms with Crippen LogP contribution in [0.15, 0.2) is 83.9 Å². The van der Waals surface area contributed by atoms with Crippen LogP contribution in [0.1, 0.15) is 24.3 Å². The summed E-state index contributed by atoms with van der Waals surface area (Å²) in [5.74, 6) is 1.04. The summed E-state index contributed by atoms with van der Waals surface area (Å²) in [6.07, 6.45) is 5.85. The molecule has 8 heteroatoms. The summed E-state index contributed by atoms with van der Waals surface area (Å²) in [5, 5.41) is 4.53. The van der Waals surface area contributed by atoms with Crippen LogP contribution in [0.4, 0.5) is 11.6 Å². The molecule has 1 saturated heterocycles. The van der Waals surface area contributed by atoms with E-state index in [1.165, 1.54) is 18.4 Å². The number of nitrogens with one attached hydrogen (secondary N) is 1. The van der Waals surface area contributed by atoms with Crippen molar-refractivity contribution < 1.29 is 0 Å². The lowest BCUT2D eigenvalue weighted by molar-refractivity contribution is 0.255. The van der Waals surface area contributed by atoms with Crippen molar-refractivity contribution in [1.29, 1.82) is 0 Å². The molecule has 4 heterocycles. The topological polar surface area (TPSA) is 75.9 Å². The predicted molar refractivity (Wildman–Crippen MR) is 158 cm³/mol. The quantitative estimate of drug-likeness (QED) is 0.285. The fourth-order valence-electron chi connectivity index (χ4n) is 5.23. The third-order valence-corrected chi connectivity index (χ3v) is 7.85. The number of likely N-dealkylation sites (tertiary alicyclic amines) is 1. The lowest BCUT2D eigenvalue weighted by Crippen LogP contribution is -2.29. The van der Waals surface area contributed by atoms with Gasteiger partial charge in [-0.15, -0.1) is 0 Å². The summed E-state index contributed by atoms with van der Waals surface area (Å²) in [5.41, 5.74) is 5.47. The number of pyridine rings is 2. The van der Waals surface area contributed by atoms with E-state index in [-0.39, 0.29) is 5.56 Å². The number of aryl methyl sites for hydroxylation is 1. The highest BCUT2D eigenvalue weighted by molar-refractivity contribution is 6.33. The minimum atomic E-state index is -0.185. The Kier molecular flexibility index (Phi) is 6.85. The number of nitrogens with zero attached hydrogens (tertiary/aromatic N) is 5. The molecule has 2 aromatic carbocycles. The van der Waals surface area contributed by atoms with Gasteiger partial charge in [-0.2, -0.15) is 4.98 Å². The third-order valence-electron chi connectivity index (χ3n) is 7.52. The van der Waals surface area contributed by atoms with Gasteiger partial charge in [0.2, 0.25) is 5.95 Å². The second-order valence-electron chi connectivity index (χ2n) is 10.1. The van der Waals surface area contributed by atoms with E-state index in [1.54, 1.807) is 36.1 Å². The predicted octanol–water partition coefficient (Wildman–Crippen LogP) is 6.26. The first-order chi connectivity index (χ1) is 19.0. The van der Waals surface area contributed by atoms with Gasteiger partial charge >= 0.3 is 0 Å². The molecule has 0 aliphatic carbocycles. The maximum Gasteiger partial charge on any atom is 0.259 e. The summed E-state index contributed by atoms with van der Waals surface area (Å²) in [4.78, 5) is 29.5. The first-order valence-corrected chi connectivity index (χ1v) is 13.5. The molecule has 1 N–H and O–H groups in total. The van der Waals surface area contributed by atoms with Crippen LogP contribution in [-0.4, -0.2) is 44.6 Å². The molecule has 1 aliphatic rings. The maximum absolute atomic E-state index is 13.5. The first-order valence-electron chi connectivity index (χ1n) is 13.1. The fourth-order valence-corrected chi connectivity index (χ4v) is 5.45. The zero-order chi connectivity index (χ0) is 26.9. The largest absolute Gasteiger partial charge is 0.324 e. The number of aromatic nitrogens is 4. The Morgan fingerprint density at radius 3 is 2.46 bits per heavy atom. The summed E-state index contributed by atoms with van der Waals surface area (Å²) < 4.78 is 1.55. The van der Waals surface area contributed by atoms with Crippen LogP contribution >= 0.6 is 11.6 Å². The van der Waals surface area contributed by atoms with Gasteiger partial charge in [0.25, 0.3) is 5.56 Å². The van der Waals surface area contributed by atoms with E-state index in [0.29, 0.717) is 33.7 Å². The van der Waals surface area contributed by atoms with Gasteiger partial charge in [0.05, 0.1) is 5.69 Å². The lowest BCUT2D eigenvalue weighted by Gasteiger charge is -2.29. The average Bonchev–Trinajstić information content (AvgIpc) is 2.97. The van der Waals surface area contributed by atoms with Crippen LogP contribution in [0, 0.1) is 0 Å². The normalized spacial score (nSPS) is 14.5. The zero-order valence-corrected chi connectivity index (χ0v) is 22.7. The molecule has 0 atom stereocenters. The van der Waals surface area contributed by atoms with Crippen molar-refractivity contribution in [2.45, 2.75) is 18.8 Å². The molecular weight excluding hydrogens is 508 g/mol. The molecule has 5 aromatic rings. The summed E-state index contributed by atoms with van der Waals surface area (Å²) >= 11 is 6.56. The smallest absolute Gasteiger partial charge is 0.259 e. The van der Waals surface area contributed by atoms with Gasteiger partial charge in [0.15, 0.2) is 0 Å². The van der Waals surface area contributed by atoms with Gasteiger partial charge in [-0.25, -0.2) is 4.98 Å². The number of anilines is 2. The number of piperidine rings is 1. The maximum atomic E-state index is 13.5. The van der Waals surface area contributed by atoms with Crippen LogP contribution in [0.25, 0.3) is 33.4 Å².